The van der Waals surface area contributed by atoms with Crippen molar-refractivity contribution in [1.82, 2.24) is 0 Å². The second kappa shape index (κ2) is 6.60. The topological polar surface area (TPSA) is 57.5 Å². The monoisotopic (exact) mass is 276 g/mol. The van der Waals surface area contributed by atoms with E-state index in [2.05, 4.69) is 0 Å². The van der Waals surface area contributed by atoms with Gasteiger partial charge < -0.3 is 10.2 Å². The Labute approximate surface area is 121 Å². The largest absolute Gasteiger partial charge is 0.507 e. The molecule has 110 valence electrons. The van der Waals surface area contributed by atoms with Crippen LogP contribution in [-0.2, 0) is 0 Å². The second-order valence-electron chi connectivity index (χ2n) is 5.61. The highest BCUT2D eigenvalue weighted by Crippen LogP contribution is 2.38. The van der Waals surface area contributed by atoms with Crippen molar-refractivity contribution in [1.29, 1.82) is 0 Å². The van der Waals surface area contributed by atoms with Gasteiger partial charge in [0.1, 0.15) is 5.75 Å². The number of aromatic carboxylic acids is 1. The number of carbonyl (C=O) groups is 1. The predicted molar refractivity (Wildman–Crippen MR) is 82.6 cm³/mol. The van der Waals surface area contributed by atoms with Gasteiger partial charge in [-0.15, -0.1) is 0 Å². The van der Waals surface area contributed by atoms with Gasteiger partial charge in [-0.1, -0.05) is 46.8 Å². The molecule has 0 aliphatic rings. The molecule has 0 unspecified atom stereocenters. The molecule has 1 aromatic rings. The normalized spacial score (nSPS) is 11.8. The van der Waals surface area contributed by atoms with Gasteiger partial charge in [0.2, 0.25) is 0 Å². The Bertz CT molecular complexity index is 526. The lowest BCUT2D eigenvalue weighted by atomic mass is 9.86. The van der Waals surface area contributed by atoms with Crippen LogP contribution < -0.4 is 0 Å². The smallest absolute Gasteiger partial charge is 0.336 e. The molecule has 3 heteroatoms. The molecule has 1 rings (SSSR count). The summed E-state index contributed by atoms with van der Waals surface area (Å²) in [6, 6.07) is 1.60. The van der Waals surface area contributed by atoms with Gasteiger partial charge in [0.15, 0.2) is 0 Å². The molecule has 20 heavy (non-hydrogen) atoms. The number of phenols is 1. The minimum Gasteiger partial charge on any atom is -0.507 e. The summed E-state index contributed by atoms with van der Waals surface area (Å²) >= 11 is 0. The molecule has 1 aromatic carbocycles. The molecule has 0 saturated heterocycles. The molecular formula is C17H24O3. The van der Waals surface area contributed by atoms with Gasteiger partial charge in [0.05, 0.1) is 5.56 Å². The number of rotatable bonds is 5. The third-order valence-corrected chi connectivity index (χ3v) is 3.36. The zero-order valence-corrected chi connectivity index (χ0v) is 12.9. The number of hydrogen-bond acceptors (Lipinski definition) is 2. The van der Waals surface area contributed by atoms with Crippen LogP contribution in [-0.4, -0.2) is 16.2 Å². The van der Waals surface area contributed by atoms with Gasteiger partial charge in [-0.25, -0.2) is 4.79 Å². The summed E-state index contributed by atoms with van der Waals surface area (Å²) in [6.07, 6.45) is 4.55. The maximum Gasteiger partial charge on any atom is 0.336 e. The molecule has 0 heterocycles. The summed E-state index contributed by atoms with van der Waals surface area (Å²) in [5.74, 6) is -0.585. The standard InChI is InChI=1S/C17H24O3/c1-6-7-8-12-14(17(19)20)9-13(10(2)3)16(18)15(12)11(4)5/h7-11,18H,6H2,1-5H3,(H,19,20). The molecule has 0 bridgehead atoms. The van der Waals surface area contributed by atoms with Crippen molar-refractivity contribution in [3.05, 3.63) is 34.4 Å². The van der Waals surface area contributed by atoms with Gasteiger partial charge in [-0.2, -0.15) is 0 Å². The molecule has 0 aliphatic heterocycles. The number of aromatic hydroxyl groups is 1. The van der Waals surface area contributed by atoms with Crippen LogP contribution in [0.1, 0.15) is 79.9 Å². The summed E-state index contributed by atoms with van der Waals surface area (Å²) < 4.78 is 0. The van der Waals surface area contributed by atoms with E-state index in [1.165, 1.54) is 0 Å². The highest BCUT2D eigenvalue weighted by molar-refractivity contribution is 5.94. The van der Waals surface area contributed by atoms with Crippen molar-refractivity contribution in [3.63, 3.8) is 0 Å². The predicted octanol–water partition coefficient (Wildman–Crippen LogP) is 4.76. The van der Waals surface area contributed by atoms with Crippen molar-refractivity contribution < 1.29 is 15.0 Å². The molecule has 3 nitrogen and oxygen atoms in total. The van der Waals surface area contributed by atoms with Crippen LogP contribution in [0.5, 0.6) is 5.75 Å². The summed E-state index contributed by atoms with van der Waals surface area (Å²) in [7, 11) is 0. The molecular weight excluding hydrogens is 252 g/mol. The van der Waals surface area contributed by atoms with Gasteiger partial charge in [0, 0.05) is 5.56 Å². The molecule has 2 N–H and O–H groups in total. The van der Waals surface area contributed by atoms with Crippen LogP contribution in [0.15, 0.2) is 12.1 Å². The fourth-order valence-electron chi connectivity index (χ4n) is 2.35. The van der Waals surface area contributed by atoms with Crippen LogP contribution in [0.2, 0.25) is 0 Å². The first-order valence-corrected chi connectivity index (χ1v) is 7.10. The summed E-state index contributed by atoms with van der Waals surface area (Å²) in [4.78, 5) is 11.5. The Morgan fingerprint density at radius 1 is 1.25 bits per heavy atom. The molecule has 0 spiro atoms. The Morgan fingerprint density at radius 3 is 2.25 bits per heavy atom. The molecule has 0 saturated carbocycles. The lowest BCUT2D eigenvalue weighted by Gasteiger charge is -2.20. The van der Waals surface area contributed by atoms with Crippen LogP contribution in [0.4, 0.5) is 0 Å². The van der Waals surface area contributed by atoms with E-state index in [1.807, 2.05) is 46.8 Å². The Morgan fingerprint density at radius 2 is 1.85 bits per heavy atom. The van der Waals surface area contributed by atoms with Crippen molar-refractivity contribution >= 4 is 12.0 Å². The zero-order valence-electron chi connectivity index (χ0n) is 12.9. The molecule has 0 radical (unpaired) electrons. The highest BCUT2D eigenvalue weighted by Gasteiger charge is 2.22. The van der Waals surface area contributed by atoms with E-state index in [0.29, 0.717) is 11.1 Å². The molecule has 0 atom stereocenters. The summed E-state index contributed by atoms with van der Waals surface area (Å²) in [5, 5.41) is 19.9. The van der Waals surface area contributed by atoms with E-state index in [4.69, 9.17) is 0 Å². The zero-order chi connectivity index (χ0) is 15.4. The number of carboxylic acids is 1. The van der Waals surface area contributed by atoms with Crippen LogP contribution in [0.3, 0.4) is 0 Å². The molecule has 0 amide bonds. The van der Waals surface area contributed by atoms with Crippen molar-refractivity contribution in [2.45, 2.75) is 52.9 Å². The number of hydrogen-bond donors (Lipinski definition) is 2. The van der Waals surface area contributed by atoms with Crippen molar-refractivity contribution in [2.75, 3.05) is 0 Å². The lowest BCUT2D eigenvalue weighted by Crippen LogP contribution is -2.07. The SMILES string of the molecule is CCC=Cc1c(C(=O)O)cc(C(C)C)c(O)c1C(C)C. The maximum atomic E-state index is 11.5. The van der Waals surface area contributed by atoms with E-state index >= 15 is 0 Å². The van der Waals surface area contributed by atoms with E-state index < -0.39 is 5.97 Å². The summed E-state index contributed by atoms with van der Waals surface area (Å²) in [5.41, 5.74) is 2.30. The average molecular weight is 276 g/mol. The van der Waals surface area contributed by atoms with Gasteiger partial charge >= 0.3 is 5.97 Å². The number of carboxylic acid groups (broad SMARTS) is 1. The first-order chi connectivity index (χ1) is 9.31. The fourth-order valence-corrected chi connectivity index (χ4v) is 2.35. The third kappa shape index (κ3) is 3.21. The van der Waals surface area contributed by atoms with E-state index in [1.54, 1.807) is 6.07 Å². The minimum atomic E-state index is -0.954. The van der Waals surface area contributed by atoms with Gasteiger partial charge in [-0.05, 0) is 35.4 Å². The summed E-state index contributed by atoms with van der Waals surface area (Å²) in [6.45, 7) is 9.83. The van der Waals surface area contributed by atoms with E-state index in [0.717, 1.165) is 12.0 Å². The maximum absolute atomic E-state index is 11.5. The fraction of sp³-hybridized carbons (Fsp3) is 0.471. The number of benzene rings is 1. The van der Waals surface area contributed by atoms with Crippen molar-refractivity contribution in [3.8, 4) is 5.75 Å². The number of allylic oxidation sites excluding steroid dienone is 1. The Balaban J connectivity index is 3.73. The molecule has 0 fully saturated rings. The van der Waals surface area contributed by atoms with Crippen LogP contribution >= 0.6 is 0 Å². The number of phenolic OH excluding ortho intramolecular Hbond substituents is 1. The lowest BCUT2D eigenvalue weighted by molar-refractivity contribution is 0.0696. The highest BCUT2D eigenvalue weighted by atomic mass is 16.4. The minimum absolute atomic E-state index is 0.0586. The second-order valence-corrected chi connectivity index (χ2v) is 5.61. The Kier molecular flexibility index (Phi) is 5.37. The molecule has 0 aromatic heterocycles. The first kappa shape index (κ1) is 16.3. The average Bonchev–Trinajstić information content (AvgIpc) is 2.34. The first-order valence-electron chi connectivity index (χ1n) is 7.10. The van der Waals surface area contributed by atoms with E-state index in [-0.39, 0.29) is 23.1 Å². The van der Waals surface area contributed by atoms with Gasteiger partial charge in [-0.3, -0.25) is 0 Å². The van der Waals surface area contributed by atoms with Gasteiger partial charge in [0.25, 0.3) is 0 Å². The van der Waals surface area contributed by atoms with Crippen molar-refractivity contribution in [2.24, 2.45) is 0 Å². The molecule has 0 aliphatic carbocycles. The van der Waals surface area contributed by atoms with Crippen LogP contribution in [0.25, 0.3) is 6.08 Å². The Hall–Kier alpha value is -1.77. The van der Waals surface area contributed by atoms with Crippen LogP contribution in [0, 0.1) is 0 Å². The van der Waals surface area contributed by atoms with E-state index in [9.17, 15) is 15.0 Å². The quantitative estimate of drug-likeness (QED) is 0.815. The third-order valence-electron chi connectivity index (χ3n) is 3.36.